The minimum Gasteiger partial charge on any atom is -0.392 e. The Morgan fingerprint density at radius 3 is 2.45 bits per heavy atom. The van der Waals surface area contributed by atoms with Crippen LogP contribution in [0.2, 0.25) is 0 Å². The third kappa shape index (κ3) is 0.416. The molecule has 0 heterocycles. The topological polar surface area (TPSA) is 20.2 Å². The Bertz CT molecular complexity index is 221. The van der Waals surface area contributed by atoms with Crippen LogP contribution < -0.4 is 0 Å². The molecule has 0 aromatic carbocycles. The summed E-state index contributed by atoms with van der Waals surface area (Å²) in [6.45, 7) is 4.72. The van der Waals surface area contributed by atoms with Crippen LogP contribution in [-0.4, -0.2) is 11.2 Å². The first kappa shape index (κ1) is 6.47. The molecule has 3 fully saturated rings. The van der Waals surface area contributed by atoms with Crippen molar-refractivity contribution in [3.63, 3.8) is 0 Å². The van der Waals surface area contributed by atoms with Crippen molar-refractivity contribution in [3.8, 4) is 0 Å². The van der Waals surface area contributed by atoms with Crippen LogP contribution in [0.15, 0.2) is 0 Å². The average Bonchev–Trinajstić information content (AvgIpc) is 2.41. The predicted octanol–water partition coefficient (Wildman–Crippen LogP) is 1.80. The molecule has 0 radical (unpaired) electrons. The number of hydrogen-bond donors (Lipinski definition) is 1. The van der Waals surface area contributed by atoms with E-state index >= 15 is 0 Å². The Labute approximate surface area is 67.8 Å². The van der Waals surface area contributed by atoms with E-state index in [1.165, 1.54) is 19.3 Å². The van der Waals surface area contributed by atoms with Gasteiger partial charge < -0.3 is 5.11 Å². The Kier molecular flexibility index (Phi) is 0.820. The summed E-state index contributed by atoms with van der Waals surface area (Å²) >= 11 is 0. The molecule has 11 heavy (non-hydrogen) atoms. The minimum atomic E-state index is 0.0660. The molecule has 3 aliphatic carbocycles. The SMILES string of the molecule is CC1(C)C2CCC13C(O)C3C2. The molecule has 2 bridgehead atoms. The van der Waals surface area contributed by atoms with Crippen LogP contribution in [0.4, 0.5) is 0 Å². The first-order valence-corrected chi connectivity index (χ1v) is 4.79. The van der Waals surface area contributed by atoms with E-state index in [0.29, 0.717) is 16.7 Å². The molecule has 62 valence electrons. The third-order valence-corrected chi connectivity index (χ3v) is 5.13. The second-order valence-corrected chi connectivity index (χ2v) is 5.28. The maximum atomic E-state index is 9.76. The quantitative estimate of drug-likeness (QED) is 0.561. The van der Waals surface area contributed by atoms with E-state index in [4.69, 9.17) is 0 Å². The average molecular weight is 152 g/mol. The standard InChI is InChI=1S/C10H16O/c1-9(2)6-3-4-10(9)7(5-6)8(10)11/h6-8,11H,3-5H2,1-2H3. The van der Waals surface area contributed by atoms with E-state index < -0.39 is 0 Å². The van der Waals surface area contributed by atoms with Gasteiger partial charge >= 0.3 is 0 Å². The number of fused-ring (bicyclic) bond motifs is 1. The number of aliphatic hydroxyl groups excluding tert-OH is 1. The van der Waals surface area contributed by atoms with Crippen molar-refractivity contribution < 1.29 is 5.11 Å². The van der Waals surface area contributed by atoms with Crippen LogP contribution in [0.5, 0.6) is 0 Å². The summed E-state index contributed by atoms with van der Waals surface area (Å²) in [6, 6.07) is 0. The monoisotopic (exact) mass is 152 g/mol. The van der Waals surface area contributed by atoms with E-state index in [1.54, 1.807) is 0 Å². The Balaban J connectivity index is 2.10. The molecule has 3 rings (SSSR count). The van der Waals surface area contributed by atoms with E-state index in [0.717, 1.165) is 5.92 Å². The van der Waals surface area contributed by atoms with Crippen LogP contribution in [0.1, 0.15) is 33.1 Å². The molecule has 1 nitrogen and oxygen atoms in total. The van der Waals surface area contributed by atoms with Crippen LogP contribution in [0, 0.1) is 22.7 Å². The minimum absolute atomic E-state index is 0.0660. The van der Waals surface area contributed by atoms with Gasteiger partial charge in [-0.2, -0.15) is 0 Å². The first-order chi connectivity index (χ1) is 5.11. The molecule has 0 aromatic heterocycles. The van der Waals surface area contributed by atoms with Crippen LogP contribution in [-0.2, 0) is 0 Å². The molecule has 0 amide bonds. The highest BCUT2D eigenvalue weighted by Gasteiger charge is 2.79. The maximum Gasteiger partial charge on any atom is 0.0639 e. The van der Waals surface area contributed by atoms with Gasteiger partial charge in [-0.25, -0.2) is 0 Å². The first-order valence-electron chi connectivity index (χ1n) is 4.79. The number of hydrogen-bond acceptors (Lipinski definition) is 1. The lowest BCUT2D eigenvalue weighted by molar-refractivity contribution is 0.115. The van der Waals surface area contributed by atoms with Crippen molar-refractivity contribution in [1.29, 1.82) is 0 Å². The molecular formula is C10H16O. The fourth-order valence-corrected chi connectivity index (χ4v) is 4.22. The van der Waals surface area contributed by atoms with E-state index in [-0.39, 0.29) is 6.10 Å². The fourth-order valence-electron chi connectivity index (χ4n) is 4.22. The van der Waals surface area contributed by atoms with E-state index in [2.05, 4.69) is 13.8 Å². The summed E-state index contributed by atoms with van der Waals surface area (Å²) in [7, 11) is 0. The van der Waals surface area contributed by atoms with E-state index in [1.807, 2.05) is 0 Å². The Morgan fingerprint density at radius 2 is 2.09 bits per heavy atom. The van der Waals surface area contributed by atoms with Gasteiger partial charge in [0.05, 0.1) is 6.10 Å². The largest absolute Gasteiger partial charge is 0.392 e. The van der Waals surface area contributed by atoms with Gasteiger partial charge in [0, 0.05) is 5.41 Å². The van der Waals surface area contributed by atoms with Gasteiger partial charge in [-0.3, -0.25) is 0 Å². The van der Waals surface area contributed by atoms with Gasteiger partial charge in [-0.15, -0.1) is 0 Å². The van der Waals surface area contributed by atoms with Crippen molar-refractivity contribution >= 4 is 0 Å². The second-order valence-electron chi connectivity index (χ2n) is 5.28. The summed E-state index contributed by atoms with van der Waals surface area (Å²) in [5.41, 5.74) is 0.842. The van der Waals surface area contributed by atoms with Crippen LogP contribution in [0.25, 0.3) is 0 Å². The van der Waals surface area contributed by atoms with Gasteiger partial charge in [0.25, 0.3) is 0 Å². The van der Waals surface area contributed by atoms with Gasteiger partial charge in [0.1, 0.15) is 0 Å². The number of aliphatic hydroxyl groups is 1. The van der Waals surface area contributed by atoms with Gasteiger partial charge in [0.2, 0.25) is 0 Å². The Hall–Kier alpha value is -0.0400. The van der Waals surface area contributed by atoms with Gasteiger partial charge in [0.15, 0.2) is 0 Å². The summed E-state index contributed by atoms with van der Waals surface area (Å²) in [5.74, 6) is 1.62. The second kappa shape index (κ2) is 1.39. The van der Waals surface area contributed by atoms with Crippen molar-refractivity contribution in [3.05, 3.63) is 0 Å². The molecule has 0 aliphatic heterocycles. The van der Waals surface area contributed by atoms with Gasteiger partial charge in [-0.1, -0.05) is 13.8 Å². The summed E-state index contributed by atoms with van der Waals surface area (Å²) in [5, 5.41) is 9.76. The fraction of sp³-hybridized carbons (Fsp3) is 1.00. The molecule has 3 saturated carbocycles. The molecule has 0 aromatic rings. The maximum absolute atomic E-state index is 9.76. The van der Waals surface area contributed by atoms with E-state index in [9.17, 15) is 5.11 Å². The predicted molar refractivity (Wildman–Crippen MR) is 43.1 cm³/mol. The molecule has 4 atom stereocenters. The van der Waals surface area contributed by atoms with Gasteiger partial charge in [-0.05, 0) is 36.5 Å². The summed E-state index contributed by atoms with van der Waals surface area (Å²) in [4.78, 5) is 0. The molecule has 4 unspecified atom stereocenters. The highest BCUT2D eigenvalue weighted by atomic mass is 16.3. The summed E-state index contributed by atoms with van der Waals surface area (Å²) < 4.78 is 0. The Morgan fingerprint density at radius 1 is 1.36 bits per heavy atom. The van der Waals surface area contributed by atoms with Crippen LogP contribution >= 0.6 is 0 Å². The van der Waals surface area contributed by atoms with Crippen molar-refractivity contribution in [2.24, 2.45) is 22.7 Å². The molecule has 1 heteroatoms. The normalized spacial score (nSPS) is 63.0. The van der Waals surface area contributed by atoms with Crippen molar-refractivity contribution in [2.45, 2.75) is 39.2 Å². The third-order valence-electron chi connectivity index (χ3n) is 5.13. The zero-order valence-corrected chi connectivity index (χ0v) is 7.30. The summed E-state index contributed by atoms with van der Waals surface area (Å²) in [6.07, 6.45) is 4.06. The lowest BCUT2D eigenvalue weighted by Gasteiger charge is -2.29. The zero-order chi connectivity index (χ0) is 7.85. The number of rotatable bonds is 0. The molecule has 1 N–H and O–H groups in total. The van der Waals surface area contributed by atoms with Crippen molar-refractivity contribution in [2.75, 3.05) is 0 Å². The lowest BCUT2D eigenvalue weighted by Crippen LogP contribution is -2.25. The molecule has 1 spiro atoms. The highest BCUT2D eigenvalue weighted by Crippen LogP contribution is 2.80. The smallest absolute Gasteiger partial charge is 0.0639 e. The molecule has 3 aliphatic rings. The zero-order valence-electron chi connectivity index (χ0n) is 7.30. The molecular weight excluding hydrogens is 136 g/mol. The lowest BCUT2D eigenvalue weighted by atomic mass is 9.76. The van der Waals surface area contributed by atoms with Crippen molar-refractivity contribution in [1.82, 2.24) is 0 Å². The van der Waals surface area contributed by atoms with Crippen LogP contribution in [0.3, 0.4) is 0 Å². The molecule has 0 saturated heterocycles. The highest BCUT2D eigenvalue weighted by molar-refractivity contribution is 5.27.